The van der Waals surface area contributed by atoms with Crippen molar-refractivity contribution in [3.05, 3.63) is 23.8 Å². The molecule has 0 unspecified atom stereocenters. The molecule has 2 N–H and O–H groups in total. The van der Waals surface area contributed by atoms with Crippen molar-refractivity contribution < 1.29 is 4.74 Å². The second kappa shape index (κ2) is 4.77. The van der Waals surface area contributed by atoms with Gasteiger partial charge in [0.25, 0.3) is 0 Å². The van der Waals surface area contributed by atoms with Crippen LogP contribution in [0.5, 0.6) is 0 Å². The standard InChI is InChI=1S/C8H12ClN3O/c1-10-5-7-8(13-2)12-6(3-9)4-11-7/h4-5,10-11H,3H2,1-2H3/b7-5-. The molecule has 0 aromatic carbocycles. The van der Waals surface area contributed by atoms with E-state index in [1.165, 1.54) is 0 Å². The smallest absolute Gasteiger partial charge is 0.239 e. The van der Waals surface area contributed by atoms with Crippen LogP contribution in [0, 0.1) is 0 Å². The summed E-state index contributed by atoms with van der Waals surface area (Å²) in [4.78, 5) is 4.17. The van der Waals surface area contributed by atoms with Gasteiger partial charge < -0.3 is 15.4 Å². The van der Waals surface area contributed by atoms with E-state index in [1.807, 2.05) is 7.05 Å². The molecule has 1 heterocycles. The molecule has 0 fully saturated rings. The van der Waals surface area contributed by atoms with Crippen LogP contribution >= 0.6 is 11.6 Å². The van der Waals surface area contributed by atoms with Crippen molar-refractivity contribution in [2.75, 3.05) is 20.0 Å². The van der Waals surface area contributed by atoms with E-state index >= 15 is 0 Å². The first kappa shape index (κ1) is 9.92. The molecule has 72 valence electrons. The topological polar surface area (TPSA) is 45.7 Å². The molecule has 13 heavy (non-hydrogen) atoms. The average Bonchev–Trinajstić information content (AvgIpc) is 2.19. The highest BCUT2D eigenvalue weighted by Crippen LogP contribution is 2.09. The van der Waals surface area contributed by atoms with Gasteiger partial charge in [0.1, 0.15) is 5.70 Å². The maximum atomic E-state index is 5.62. The van der Waals surface area contributed by atoms with Crippen LogP contribution in [0.15, 0.2) is 28.8 Å². The molecule has 1 rings (SSSR count). The maximum Gasteiger partial charge on any atom is 0.239 e. The Kier molecular flexibility index (Phi) is 3.64. The normalized spacial score (nSPS) is 18.8. The number of rotatable bonds is 2. The van der Waals surface area contributed by atoms with Gasteiger partial charge in [-0.25, -0.2) is 4.99 Å². The molecule has 1 aliphatic rings. The quantitative estimate of drug-likeness (QED) is 0.649. The summed E-state index contributed by atoms with van der Waals surface area (Å²) in [6, 6.07) is 0. The number of hydrogen-bond donors (Lipinski definition) is 2. The average molecular weight is 202 g/mol. The first-order valence-electron chi connectivity index (χ1n) is 3.84. The Bertz CT molecular complexity index is 271. The lowest BCUT2D eigenvalue weighted by Gasteiger charge is -2.15. The van der Waals surface area contributed by atoms with Crippen molar-refractivity contribution in [1.29, 1.82) is 0 Å². The lowest BCUT2D eigenvalue weighted by molar-refractivity contribution is 0.399. The number of methoxy groups -OCH3 is 1. The molecule has 0 aromatic rings. The van der Waals surface area contributed by atoms with Crippen molar-refractivity contribution in [2.45, 2.75) is 0 Å². The fourth-order valence-corrected chi connectivity index (χ4v) is 1.05. The van der Waals surface area contributed by atoms with Crippen LogP contribution in [0.2, 0.25) is 0 Å². The van der Waals surface area contributed by atoms with Gasteiger partial charge >= 0.3 is 0 Å². The minimum Gasteiger partial charge on any atom is -0.479 e. The minimum absolute atomic E-state index is 0.368. The maximum absolute atomic E-state index is 5.62. The van der Waals surface area contributed by atoms with Gasteiger partial charge in [0.2, 0.25) is 5.90 Å². The van der Waals surface area contributed by atoms with Gasteiger partial charge in [-0.05, 0) is 0 Å². The molecule has 1 aliphatic heterocycles. The highest BCUT2D eigenvalue weighted by atomic mass is 35.5. The van der Waals surface area contributed by atoms with Gasteiger partial charge in [-0.2, -0.15) is 0 Å². The molecular formula is C8H12ClN3O. The largest absolute Gasteiger partial charge is 0.479 e. The number of aliphatic imine (C=N–C) groups is 1. The molecule has 0 aliphatic carbocycles. The number of halogens is 1. The molecule has 0 bridgehead atoms. The summed E-state index contributed by atoms with van der Waals surface area (Å²) in [5.74, 6) is 0.902. The third-order valence-corrected chi connectivity index (χ3v) is 1.76. The van der Waals surface area contributed by atoms with E-state index in [0.717, 1.165) is 11.4 Å². The highest BCUT2D eigenvalue weighted by molar-refractivity contribution is 6.19. The van der Waals surface area contributed by atoms with Gasteiger partial charge in [0.15, 0.2) is 0 Å². The molecule has 5 heteroatoms. The Morgan fingerprint density at radius 3 is 3.08 bits per heavy atom. The minimum atomic E-state index is 0.368. The summed E-state index contributed by atoms with van der Waals surface area (Å²) >= 11 is 5.62. The lowest BCUT2D eigenvalue weighted by atomic mass is 10.3. The summed E-state index contributed by atoms with van der Waals surface area (Å²) in [6.07, 6.45) is 3.52. The molecule has 0 saturated carbocycles. The number of allylic oxidation sites excluding steroid dienone is 1. The fraction of sp³-hybridized carbons (Fsp3) is 0.375. The summed E-state index contributed by atoms with van der Waals surface area (Å²) in [5, 5.41) is 5.91. The predicted octanol–water partition coefficient (Wildman–Crippen LogP) is 0.775. The molecule has 0 spiro atoms. The summed E-state index contributed by atoms with van der Waals surface area (Å²) in [6.45, 7) is 0. The van der Waals surface area contributed by atoms with Crippen molar-refractivity contribution >= 4 is 17.5 Å². The third kappa shape index (κ3) is 2.39. The zero-order valence-electron chi connectivity index (χ0n) is 7.60. The predicted molar refractivity (Wildman–Crippen MR) is 53.5 cm³/mol. The van der Waals surface area contributed by atoms with Crippen LogP contribution in [0.1, 0.15) is 0 Å². The fourth-order valence-electron chi connectivity index (χ4n) is 0.918. The number of nitrogens with zero attached hydrogens (tertiary/aromatic N) is 1. The summed E-state index contributed by atoms with van der Waals surface area (Å²) < 4.78 is 5.07. The highest BCUT2D eigenvalue weighted by Gasteiger charge is 2.11. The SMILES string of the molecule is CN/C=C1\NC=C(CCl)N=C1OC. The first-order valence-corrected chi connectivity index (χ1v) is 4.37. The number of ether oxygens (including phenoxy) is 1. The van der Waals surface area contributed by atoms with E-state index < -0.39 is 0 Å². The Labute approximate surface area is 82.3 Å². The lowest BCUT2D eigenvalue weighted by Crippen LogP contribution is -2.23. The zero-order chi connectivity index (χ0) is 9.68. The van der Waals surface area contributed by atoms with E-state index in [2.05, 4.69) is 15.6 Å². The number of hydrogen-bond acceptors (Lipinski definition) is 4. The zero-order valence-corrected chi connectivity index (χ0v) is 8.35. The Morgan fingerprint density at radius 1 is 1.77 bits per heavy atom. The molecule has 0 amide bonds. The van der Waals surface area contributed by atoms with E-state index in [0.29, 0.717) is 11.8 Å². The van der Waals surface area contributed by atoms with Gasteiger partial charge in [-0.1, -0.05) is 0 Å². The van der Waals surface area contributed by atoms with Crippen LogP contribution in [-0.4, -0.2) is 25.9 Å². The van der Waals surface area contributed by atoms with Crippen molar-refractivity contribution in [3.63, 3.8) is 0 Å². The summed E-state index contributed by atoms with van der Waals surface area (Å²) in [7, 11) is 3.38. The van der Waals surface area contributed by atoms with Crippen LogP contribution in [0.3, 0.4) is 0 Å². The molecule has 0 saturated heterocycles. The Hall–Kier alpha value is -1.16. The second-order valence-corrected chi connectivity index (χ2v) is 2.65. The monoisotopic (exact) mass is 201 g/mol. The molecular weight excluding hydrogens is 190 g/mol. The molecule has 0 atom stereocenters. The first-order chi connectivity index (χ1) is 6.31. The molecule has 0 radical (unpaired) electrons. The Balaban J connectivity index is 2.83. The Morgan fingerprint density at radius 2 is 2.54 bits per heavy atom. The van der Waals surface area contributed by atoms with Crippen LogP contribution in [-0.2, 0) is 4.74 Å². The molecule has 4 nitrogen and oxygen atoms in total. The second-order valence-electron chi connectivity index (χ2n) is 2.38. The third-order valence-electron chi connectivity index (χ3n) is 1.49. The van der Waals surface area contributed by atoms with Crippen LogP contribution < -0.4 is 10.6 Å². The molecule has 0 aromatic heterocycles. The van der Waals surface area contributed by atoms with Crippen LogP contribution in [0.25, 0.3) is 0 Å². The van der Waals surface area contributed by atoms with Gasteiger partial charge in [-0.15, -0.1) is 11.6 Å². The van der Waals surface area contributed by atoms with E-state index in [1.54, 1.807) is 19.5 Å². The van der Waals surface area contributed by atoms with E-state index in [4.69, 9.17) is 16.3 Å². The number of nitrogens with one attached hydrogen (secondary N) is 2. The van der Waals surface area contributed by atoms with Gasteiger partial charge in [0, 0.05) is 19.4 Å². The van der Waals surface area contributed by atoms with Gasteiger partial charge in [-0.3, -0.25) is 0 Å². The van der Waals surface area contributed by atoms with Gasteiger partial charge in [0.05, 0.1) is 18.7 Å². The van der Waals surface area contributed by atoms with E-state index in [9.17, 15) is 0 Å². The van der Waals surface area contributed by atoms with Crippen molar-refractivity contribution in [3.8, 4) is 0 Å². The number of alkyl halides is 1. The van der Waals surface area contributed by atoms with E-state index in [-0.39, 0.29) is 0 Å². The van der Waals surface area contributed by atoms with Crippen molar-refractivity contribution in [1.82, 2.24) is 10.6 Å². The van der Waals surface area contributed by atoms with Crippen molar-refractivity contribution in [2.24, 2.45) is 4.99 Å². The van der Waals surface area contributed by atoms with Crippen LogP contribution in [0.4, 0.5) is 0 Å². The summed E-state index contributed by atoms with van der Waals surface area (Å²) in [5.41, 5.74) is 1.55.